The minimum atomic E-state index is -4.56. The number of hydrogen-bond donors (Lipinski definition) is 0. The van der Waals surface area contributed by atoms with E-state index in [0.29, 0.717) is 31.3 Å². The van der Waals surface area contributed by atoms with E-state index in [2.05, 4.69) is 10.1 Å². The highest BCUT2D eigenvalue weighted by Gasteiger charge is 2.33. The van der Waals surface area contributed by atoms with E-state index in [0.717, 1.165) is 10.7 Å². The van der Waals surface area contributed by atoms with Crippen LogP contribution in [0.3, 0.4) is 0 Å². The van der Waals surface area contributed by atoms with Gasteiger partial charge in [0.05, 0.1) is 29.9 Å². The zero-order valence-corrected chi connectivity index (χ0v) is 14.3. The number of ether oxygens (including phenoxy) is 1. The second-order valence-electron chi connectivity index (χ2n) is 5.81. The summed E-state index contributed by atoms with van der Waals surface area (Å²) in [5.74, 6) is -0.127. The van der Waals surface area contributed by atoms with Gasteiger partial charge in [-0.2, -0.15) is 18.3 Å². The van der Waals surface area contributed by atoms with Crippen LogP contribution in [0.15, 0.2) is 17.1 Å². The smallest absolute Gasteiger partial charge is 0.417 e. The molecule has 1 atom stereocenters. The van der Waals surface area contributed by atoms with Crippen molar-refractivity contribution < 1.29 is 22.7 Å². The number of aromatic nitrogens is 4. The average Bonchev–Trinajstić information content (AvgIpc) is 2.91. The maximum Gasteiger partial charge on any atom is 0.417 e. The number of aryl methyl sites for hydroxylation is 1. The molecular formula is C15H14ClF3N4O3. The summed E-state index contributed by atoms with van der Waals surface area (Å²) in [6.45, 7) is -0.205. The number of alkyl halides is 3. The van der Waals surface area contributed by atoms with Crippen molar-refractivity contribution in [2.75, 3.05) is 7.11 Å². The fourth-order valence-corrected chi connectivity index (χ4v) is 3.10. The Hall–Kier alpha value is -2.36. The van der Waals surface area contributed by atoms with Crippen molar-refractivity contribution in [2.24, 2.45) is 0 Å². The lowest BCUT2D eigenvalue weighted by Crippen LogP contribution is -2.35. The first kappa shape index (κ1) is 18.4. The van der Waals surface area contributed by atoms with Crippen molar-refractivity contribution in [1.29, 1.82) is 0 Å². The summed E-state index contributed by atoms with van der Waals surface area (Å²) >= 11 is 5.88. The molecule has 1 aliphatic rings. The van der Waals surface area contributed by atoms with Crippen LogP contribution >= 0.6 is 11.6 Å². The molecule has 0 N–H and O–H groups in total. The van der Waals surface area contributed by atoms with Crippen LogP contribution in [0.2, 0.25) is 5.02 Å². The van der Waals surface area contributed by atoms with Crippen molar-refractivity contribution in [1.82, 2.24) is 19.3 Å². The Balaban J connectivity index is 1.94. The van der Waals surface area contributed by atoms with Crippen LogP contribution in [0.5, 0.6) is 0 Å². The highest BCUT2D eigenvalue weighted by Crippen LogP contribution is 2.31. The summed E-state index contributed by atoms with van der Waals surface area (Å²) in [4.78, 5) is 28.2. The molecule has 3 heterocycles. The molecule has 0 fully saturated rings. The van der Waals surface area contributed by atoms with Crippen LogP contribution in [0, 0.1) is 0 Å². The second kappa shape index (κ2) is 6.75. The molecular weight excluding hydrogens is 377 g/mol. The number of esters is 1. The fourth-order valence-electron chi connectivity index (χ4n) is 2.87. The van der Waals surface area contributed by atoms with E-state index < -0.39 is 29.4 Å². The minimum absolute atomic E-state index is 0.0758. The Labute approximate surface area is 150 Å². The number of nitrogens with zero attached hydrogens (tertiary/aromatic N) is 4. The number of fused-ring (bicyclic) bond motifs is 1. The quantitative estimate of drug-likeness (QED) is 0.751. The molecule has 11 heteroatoms. The Bertz CT molecular complexity index is 907. The third-order valence-corrected chi connectivity index (χ3v) is 4.48. The monoisotopic (exact) mass is 390 g/mol. The van der Waals surface area contributed by atoms with Gasteiger partial charge in [-0.05, 0) is 18.9 Å². The Kier molecular flexibility index (Phi) is 4.78. The first-order chi connectivity index (χ1) is 12.2. The summed E-state index contributed by atoms with van der Waals surface area (Å²) in [7, 11) is 1.23. The van der Waals surface area contributed by atoms with Gasteiger partial charge in [-0.25, -0.2) is 14.3 Å². The average molecular weight is 391 g/mol. The van der Waals surface area contributed by atoms with E-state index in [1.807, 2.05) is 0 Å². The van der Waals surface area contributed by atoms with E-state index in [-0.39, 0.29) is 17.3 Å². The molecule has 0 radical (unpaired) electrons. The Morgan fingerprint density at radius 2 is 2.19 bits per heavy atom. The lowest BCUT2D eigenvalue weighted by molar-refractivity contribution is -0.145. The molecule has 0 aromatic carbocycles. The highest BCUT2D eigenvalue weighted by molar-refractivity contribution is 6.31. The van der Waals surface area contributed by atoms with Crippen molar-refractivity contribution in [3.63, 3.8) is 0 Å². The summed E-state index contributed by atoms with van der Waals surface area (Å²) in [6.07, 6.45) is -2.29. The summed E-state index contributed by atoms with van der Waals surface area (Å²) in [5.41, 5.74) is -1.46. The van der Waals surface area contributed by atoms with Crippen LogP contribution in [-0.2, 0) is 28.7 Å². The number of carbonyl (C=O) groups excluding carboxylic acids is 1. The standard InChI is InChI=1S/C15H14ClF3N4O3/c1-26-13(24)11-3-2-4-12-21-22(14(25)23(11)12)7-10-9(16)5-8(6-20-10)15(17,18)19/h5-6,11H,2-4,7H2,1H3/t11-/m0/s1. The normalized spacial score (nSPS) is 17.0. The predicted molar refractivity (Wildman–Crippen MR) is 83.8 cm³/mol. The van der Waals surface area contributed by atoms with E-state index in [9.17, 15) is 22.8 Å². The minimum Gasteiger partial charge on any atom is -0.467 e. The van der Waals surface area contributed by atoms with Gasteiger partial charge in [0.25, 0.3) is 0 Å². The number of halogens is 4. The largest absolute Gasteiger partial charge is 0.467 e. The van der Waals surface area contributed by atoms with Crippen molar-refractivity contribution in [3.05, 3.63) is 44.9 Å². The third-order valence-electron chi connectivity index (χ3n) is 4.15. The van der Waals surface area contributed by atoms with Crippen LogP contribution in [-0.4, -0.2) is 32.4 Å². The molecule has 0 bridgehead atoms. The zero-order valence-electron chi connectivity index (χ0n) is 13.6. The molecule has 0 aliphatic carbocycles. The molecule has 2 aromatic rings. The van der Waals surface area contributed by atoms with Crippen molar-refractivity contribution in [3.8, 4) is 0 Å². The van der Waals surface area contributed by atoms with Gasteiger partial charge < -0.3 is 4.74 Å². The van der Waals surface area contributed by atoms with Crippen LogP contribution in [0.1, 0.15) is 36.0 Å². The van der Waals surface area contributed by atoms with Crippen LogP contribution in [0.4, 0.5) is 13.2 Å². The molecule has 1 aliphatic heterocycles. The number of hydrogen-bond acceptors (Lipinski definition) is 5. The van der Waals surface area contributed by atoms with Crippen molar-refractivity contribution >= 4 is 17.6 Å². The van der Waals surface area contributed by atoms with E-state index in [1.165, 1.54) is 11.7 Å². The van der Waals surface area contributed by atoms with Gasteiger partial charge in [-0.3, -0.25) is 9.55 Å². The molecule has 7 nitrogen and oxygen atoms in total. The molecule has 3 rings (SSSR count). The van der Waals surface area contributed by atoms with Gasteiger partial charge in [0.1, 0.15) is 11.9 Å². The van der Waals surface area contributed by atoms with Gasteiger partial charge in [-0.1, -0.05) is 11.6 Å². The van der Waals surface area contributed by atoms with Gasteiger partial charge in [-0.15, -0.1) is 0 Å². The lowest BCUT2D eigenvalue weighted by Gasteiger charge is -2.20. The van der Waals surface area contributed by atoms with Gasteiger partial charge in [0.2, 0.25) is 0 Å². The lowest BCUT2D eigenvalue weighted by atomic mass is 10.1. The number of pyridine rings is 1. The maximum absolute atomic E-state index is 12.7. The first-order valence-corrected chi connectivity index (χ1v) is 8.08. The number of carbonyl (C=O) groups is 1. The first-order valence-electron chi connectivity index (χ1n) is 7.70. The molecule has 0 saturated carbocycles. The molecule has 140 valence electrons. The summed E-state index contributed by atoms with van der Waals surface area (Å²) in [6, 6.07) is -0.0108. The van der Waals surface area contributed by atoms with E-state index in [4.69, 9.17) is 16.3 Å². The Morgan fingerprint density at radius 1 is 1.46 bits per heavy atom. The number of rotatable bonds is 3. The van der Waals surface area contributed by atoms with Crippen LogP contribution in [0.25, 0.3) is 0 Å². The SMILES string of the molecule is COC(=O)[C@@H]1CCCc2nn(Cc3ncc(C(F)(F)F)cc3Cl)c(=O)n21. The van der Waals surface area contributed by atoms with Crippen LogP contribution < -0.4 is 5.69 Å². The molecule has 0 saturated heterocycles. The zero-order chi connectivity index (χ0) is 19.1. The van der Waals surface area contributed by atoms with Gasteiger partial charge in [0.15, 0.2) is 0 Å². The molecule has 26 heavy (non-hydrogen) atoms. The fraction of sp³-hybridized carbons (Fsp3) is 0.467. The number of methoxy groups -OCH3 is 1. The van der Waals surface area contributed by atoms with E-state index in [1.54, 1.807) is 0 Å². The van der Waals surface area contributed by atoms with Gasteiger partial charge in [0, 0.05) is 12.6 Å². The topological polar surface area (TPSA) is 79.0 Å². The summed E-state index contributed by atoms with van der Waals surface area (Å²) < 4.78 is 45.1. The highest BCUT2D eigenvalue weighted by atomic mass is 35.5. The predicted octanol–water partition coefficient (Wildman–Crippen LogP) is 2.21. The van der Waals surface area contributed by atoms with Crippen molar-refractivity contribution in [2.45, 2.75) is 38.0 Å². The maximum atomic E-state index is 12.7. The van der Waals surface area contributed by atoms with Gasteiger partial charge >= 0.3 is 17.8 Å². The molecule has 2 aromatic heterocycles. The summed E-state index contributed by atoms with van der Waals surface area (Å²) in [5, 5.41) is 3.94. The molecule has 0 spiro atoms. The third kappa shape index (κ3) is 3.33. The second-order valence-corrected chi connectivity index (χ2v) is 6.22. The Morgan fingerprint density at radius 3 is 2.81 bits per heavy atom. The van der Waals surface area contributed by atoms with E-state index >= 15 is 0 Å². The molecule has 0 unspecified atom stereocenters. The molecule has 0 amide bonds.